The molecular formula is C19H19NO2. The Bertz CT molecular complexity index is 556. The van der Waals surface area contributed by atoms with Crippen molar-refractivity contribution in [1.82, 2.24) is 0 Å². The van der Waals surface area contributed by atoms with Gasteiger partial charge in [0, 0.05) is 11.8 Å². The summed E-state index contributed by atoms with van der Waals surface area (Å²) in [7, 11) is 0. The van der Waals surface area contributed by atoms with Gasteiger partial charge < -0.3 is 4.74 Å². The summed E-state index contributed by atoms with van der Waals surface area (Å²) in [6.07, 6.45) is 22.5. The highest BCUT2D eigenvalue weighted by Gasteiger charge is 2.50. The number of hydrogen-bond acceptors (Lipinski definition) is 3. The second-order valence-corrected chi connectivity index (χ2v) is 5.06. The number of carbonyl (C=O) groups is 1. The molecule has 3 nitrogen and oxygen atoms in total. The minimum Gasteiger partial charge on any atom is -0.465 e. The summed E-state index contributed by atoms with van der Waals surface area (Å²) >= 11 is 0. The Morgan fingerprint density at radius 3 is 1.68 bits per heavy atom. The molecule has 0 atom stereocenters. The average molecular weight is 293 g/mol. The topological polar surface area (TPSA) is 50.1 Å². The summed E-state index contributed by atoms with van der Waals surface area (Å²) in [4.78, 5) is 12.7. The molecule has 0 N–H and O–H groups in total. The number of carbonyl (C=O) groups excluding carboxylic acids is 1. The SMILES string of the molecule is CCOC(=O)C(C#N)(C1C=CC=CC=C1)C1C=CC=CC=C1. The first-order chi connectivity index (χ1) is 10.8. The van der Waals surface area contributed by atoms with E-state index in [0.717, 1.165) is 0 Å². The van der Waals surface area contributed by atoms with Gasteiger partial charge in [-0.3, -0.25) is 4.79 Å². The van der Waals surface area contributed by atoms with Gasteiger partial charge in [0.05, 0.1) is 12.7 Å². The van der Waals surface area contributed by atoms with Crippen LogP contribution in [0.1, 0.15) is 6.92 Å². The molecule has 112 valence electrons. The molecule has 0 aromatic heterocycles. The lowest BCUT2D eigenvalue weighted by Gasteiger charge is -2.33. The third-order valence-corrected chi connectivity index (χ3v) is 3.79. The lowest BCUT2D eigenvalue weighted by atomic mass is 9.66. The third kappa shape index (κ3) is 3.01. The summed E-state index contributed by atoms with van der Waals surface area (Å²) in [6.45, 7) is 2.00. The van der Waals surface area contributed by atoms with Crippen molar-refractivity contribution in [2.24, 2.45) is 17.3 Å². The number of allylic oxidation sites excluding steroid dienone is 12. The largest absolute Gasteiger partial charge is 0.465 e. The second-order valence-electron chi connectivity index (χ2n) is 5.06. The number of ether oxygens (including phenoxy) is 1. The zero-order valence-electron chi connectivity index (χ0n) is 12.6. The fourth-order valence-corrected chi connectivity index (χ4v) is 2.67. The highest BCUT2D eigenvalue weighted by molar-refractivity contribution is 5.82. The Hall–Kier alpha value is -2.60. The van der Waals surface area contributed by atoms with Crippen molar-refractivity contribution in [3.8, 4) is 6.07 Å². The molecule has 0 bridgehead atoms. The van der Waals surface area contributed by atoms with Gasteiger partial charge >= 0.3 is 5.97 Å². The number of esters is 1. The molecule has 0 fully saturated rings. The molecule has 2 rings (SSSR count). The fourth-order valence-electron chi connectivity index (χ4n) is 2.67. The molecule has 3 heteroatoms. The Kier molecular flexibility index (Phi) is 5.32. The van der Waals surface area contributed by atoms with Crippen molar-refractivity contribution < 1.29 is 9.53 Å². The van der Waals surface area contributed by atoms with E-state index in [1.165, 1.54) is 0 Å². The van der Waals surface area contributed by atoms with Crippen LogP contribution in [0.4, 0.5) is 0 Å². The first kappa shape index (κ1) is 15.8. The molecular weight excluding hydrogens is 274 g/mol. The highest BCUT2D eigenvalue weighted by atomic mass is 16.5. The summed E-state index contributed by atoms with van der Waals surface area (Å²) in [5, 5.41) is 9.93. The standard InChI is InChI=1S/C19H19NO2/c1-2-22-18(21)19(15-20,16-11-7-3-4-8-12-16)17-13-9-5-6-10-14-17/h3-14,16-17H,2H2,1H3. The number of rotatable bonds is 4. The van der Waals surface area contributed by atoms with Crippen LogP contribution in [-0.2, 0) is 9.53 Å². The summed E-state index contributed by atoms with van der Waals surface area (Å²) in [6, 6.07) is 2.26. The van der Waals surface area contributed by atoms with Crippen LogP contribution in [0, 0.1) is 28.6 Å². The van der Waals surface area contributed by atoms with Crippen molar-refractivity contribution in [3.05, 3.63) is 72.9 Å². The predicted molar refractivity (Wildman–Crippen MR) is 86.5 cm³/mol. The molecule has 2 aliphatic carbocycles. The predicted octanol–water partition coefficient (Wildman–Crippen LogP) is 3.66. The smallest absolute Gasteiger partial charge is 0.328 e. The maximum atomic E-state index is 12.7. The minimum atomic E-state index is -1.31. The van der Waals surface area contributed by atoms with E-state index in [0.29, 0.717) is 0 Å². The molecule has 0 amide bonds. The quantitative estimate of drug-likeness (QED) is 0.743. The van der Waals surface area contributed by atoms with Crippen molar-refractivity contribution >= 4 is 5.97 Å². The van der Waals surface area contributed by atoms with Crippen LogP contribution >= 0.6 is 0 Å². The van der Waals surface area contributed by atoms with Gasteiger partial charge in [-0.25, -0.2) is 0 Å². The third-order valence-electron chi connectivity index (χ3n) is 3.79. The van der Waals surface area contributed by atoms with Gasteiger partial charge in [0.15, 0.2) is 5.41 Å². The molecule has 0 aliphatic heterocycles. The second kappa shape index (κ2) is 7.42. The number of nitrogens with zero attached hydrogens (tertiary/aromatic N) is 1. The van der Waals surface area contributed by atoms with E-state index in [1.807, 2.05) is 72.9 Å². The maximum absolute atomic E-state index is 12.7. The van der Waals surface area contributed by atoms with Crippen molar-refractivity contribution in [2.45, 2.75) is 6.92 Å². The van der Waals surface area contributed by atoms with Crippen molar-refractivity contribution in [1.29, 1.82) is 5.26 Å². The highest BCUT2D eigenvalue weighted by Crippen LogP contribution is 2.41. The van der Waals surface area contributed by atoms with E-state index in [9.17, 15) is 10.1 Å². The van der Waals surface area contributed by atoms with Gasteiger partial charge in [0.25, 0.3) is 0 Å². The summed E-state index contributed by atoms with van der Waals surface area (Å²) in [5.74, 6) is -1.20. The zero-order valence-corrected chi connectivity index (χ0v) is 12.6. The van der Waals surface area contributed by atoms with Gasteiger partial charge in [0.1, 0.15) is 0 Å². The van der Waals surface area contributed by atoms with Crippen molar-refractivity contribution in [3.63, 3.8) is 0 Å². The molecule has 22 heavy (non-hydrogen) atoms. The molecule has 0 saturated heterocycles. The van der Waals surface area contributed by atoms with Crippen LogP contribution in [-0.4, -0.2) is 12.6 Å². The lowest BCUT2D eigenvalue weighted by Crippen LogP contribution is -2.43. The first-order valence-electron chi connectivity index (χ1n) is 7.37. The van der Waals surface area contributed by atoms with Crippen LogP contribution in [0.15, 0.2) is 72.9 Å². The molecule has 0 aromatic rings. The number of hydrogen-bond donors (Lipinski definition) is 0. The van der Waals surface area contributed by atoms with Crippen LogP contribution in [0.5, 0.6) is 0 Å². The van der Waals surface area contributed by atoms with Gasteiger partial charge in [-0.1, -0.05) is 72.9 Å². The van der Waals surface area contributed by atoms with Crippen LogP contribution in [0.2, 0.25) is 0 Å². The zero-order chi connectivity index (χ0) is 15.8. The van der Waals surface area contributed by atoms with Crippen LogP contribution in [0.25, 0.3) is 0 Å². The van der Waals surface area contributed by atoms with Gasteiger partial charge in [-0.15, -0.1) is 0 Å². The Balaban J connectivity index is 2.52. The first-order valence-corrected chi connectivity index (χ1v) is 7.37. The molecule has 0 spiro atoms. The van der Waals surface area contributed by atoms with Gasteiger partial charge in [-0.2, -0.15) is 5.26 Å². The van der Waals surface area contributed by atoms with Gasteiger partial charge in [0.2, 0.25) is 0 Å². The molecule has 0 radical (unpaired) electrons. The van der Waals surface area contributed by atoms with Crippen LogP contribution in [0.3, 0.4) is 0 Å². The van der Waals surface area contributed by atoms with E-state index in [4.69, 9.17) is 4.74 Å². The maximum Gasteiger partial charge on any atom is 0.328 e. The lowest BCUT2D eigenvalue weighted by molar-refractivity contribution is -0.154. The average Bonchev–Trinajstić information content (AvgIpc) is 2.94. The van der Waals surface area contributed by atoms with E-state index >= 15 is 0 Å². The summed E-state index contributed by atoms with van der Waals surface area (Å²) in [5.41, 5.74) is -1.31. The fraction of sp³-hybridized carbons (Fsp3) is 0.263. The Labute approximate surface area is 131 Å². The van der Waals surface area contributed by atoms with E-state index in [1.54, 1.807) is 6.92 Å². The van der Waals surface area contributed by atoms with E-state index < -0.39 is 11.4 Å². The van der Waals surface area contributed by atoms with E-state index in [-0.39, 0.29) is 18.4 Å². The molecule has 0 saturated carbocycles. The molecule has 0 heterocycles. The molecule has 0 aromatic carbocycles. The summed E-state index contributed by atoms with van der Waals surface area (Å²) < 4.78 is 5.25. The van der Waals surface area contributed by atoms with Crippen molar-refractivity contribution in [2.75, 3.05) is 6.61 Å². The molecule has 2 aliphatic rings. The minimum absolute atomic E-state index is 0.249. The Morgan fingerprint density at radius 1 is 0.955 bits per heavy atom. The molecule has 0 unspecified atom stereocenters. The number of nitriles is 1. The normalized spacial score (nSPS) is 18.0. The van der Waals surface area contributed by atoms with E-state index in [2.05, 4.69) is 6.07 Å². The monoisotopic (exact) mass is 293 g/mol. The Morgan fingerprint density at radius 2 is 1.36 bits per heavy atom. The van der Waals surface area contributed by atoms with Gasteiger partial charge in [-0.05, 0) is 6.92 Å². The van der Waals surface area contributed by atoms with Crippen LogP contribution < -0.4 is 0 Å².